The molecule has 2 rings (SSSR count). The lowest BCUT2D eigenvalue weighted by Crippen LogP contribution is -2.14. The van der Waals surface area contributed by atoms with Gasteiger partial charge in [0.05, 0.1) is 20.0 Å². The molecule has 124 valence electrons. The van der Waals surface area contributed by atoms with Crippen LogP contribution in [0.1, 0.15) is 23.2 Å². The minimum atomic E-state index is -0.555. The Morgan fingerprint density at radius 3 is 1.62 bits per heavy atom. The topological polar surface area (TPSA) is 78.9 Å². The third-order valence-corrected chi connectivity index (χ3v) is 3.07. The Kier molecular flexibility index (Phi) is 6.08. The van der Waals surface area contributed by atoms with E-state index in [1.54, 1.807) is 31.4 Å². The molecule has 6 heteroatoms. The van der Waals surface area contributed by atoms with Gasteiger partial charge in [-0.2, -0.15) is 0 Å². The summed E-state index contributed by atoms with van der Waals surface area (Å²) < 4.78 is 15.2. The molecule has 0 fully saturated rings. The van der Waals surface area contributed by atoms with Gasteiger partial charge in [0, 0.05) is 5.56 Å². The third kappa shape index (κ3) is 5.24. The van der Waals surface area contributed by atoms with Crippen molar-refractivity contribution in [3.8, 4) is 17.2 Å². The van der Waals surface area contributed by atoms with E-state index in [2.05, 4.69) is 0 Å². The predicted molar refractivity (Wildman–Crippen MR) is 85.3 cm³/mol. The summed E-state index contributed by atoms with van der Waals surface area (Å²) in [4.78, 5) is 33.9. The summed E-state index contributed by atoms with van der Waals surface area (Å²) in [5.74, 6) is 0.251. The number of rotatable bonds is 7. The van der Waals surface area contributed by atoms with Gasteiger partial charge < -0.3 is 14.2 Å². The molecule has 2 aromatic rings. The van der Waals surface area contributed by atoms with Crippen LogP contribution in [0.4, 0.5) is 0 Å². The first-order valence-electron chi connectivity index (χ1n) is 7.21. The fraction of sp³-hybridized carbons (Fsp3) is 0.167. The minimum Gasteiger partial charge on any atom is -0.497 e. The summed E-state index contributed by atoms with van der Waals surface area (Å²) >= 11 is 0. The van der Waals surface area contributed by atoms with Crippen LogP contribution >= 0.6 is 0 Å². The second-order valence-corrected chi connectivity index (χ2v) is 4.81. The lowest BCUT2D eigenvalue weighted by Gasteiger charge is -2.06. The highest BCUT2D eigenvalue weighted by molar-refractivity contribution is 5.80. The van der Waals surface area contributed by atoms with Gasteiger partial charge in [0.25, 0.3) is 0 Å². The summed E-state index contributed by atoms with van der Waals surface area (Å²) in [6.45, 7) is 0. The average Bonchev–Trinajstić information content (AvgIpc) is 2.61. The van der Waals surface area contributed by atoms with Crippen molar-refractivity contribution in [1.82, 2.24) is 0 Å². The molecule has 0 atom stereocenters. The molecule has 0 unspecified atom stereocenters. The van der Waals surface area contributed by atoms with Gasteiger partial charge in [0.1, 0.15) is 23.5 Å². The van der Waals surface area contributed by atoms with Gasteiger partial charge in [0.15, 0.2) is 0 Å². The highest BCUT2D eigenvalue weighted by Gasteiger charge is 2.11. The van der Waals surface area contributed by atoms with Gasteiger partial charge in [-0.15, -0.1) is 0 Å². The van der Waals surface area contributed by atoms with Crippen LogP contribution in [-0.2, 0) is 9.59 Å². The van der Waals surface area contributed by atoms with Gasteiger partial charge in [-0.1, -0.05) is 0 Å². The smallest absolute Gasteiger partial charge is 0.311 e. The van der Waals surface area contributed by atoms with Gasteiger partial charge in [-0.05, 0) is 48.5 Å². The molecule has 0 heterocycles. The lowest BCUT2D eigenvalue weighted by atomic mass is 10.2. The lowest BCUT2D eigenvalue weighted by molar-refractivity contribution is -0.140. The Labute approximate surface area is 139 Å². The van der Waals surface area contributed by atoms with Gasteiger partial charge >= 0.3 is 11.9 Å². The largest absolute Gasteiger partial charge is 0.497 e. The first-order valence-corrected chi connectivity index (χ1v) is 7.21. The Morgan fingerprint density at radius 2 is 1.21 bits per heavy atom. The van der Waals surface area contributed by atoms with Crippen LogP contribution in [0.25, 0.3) is 0 Å². The molecule has 6 nitrogen and oxygen atoms in total. The van der Waals surface area contributed by atoms with Crippen molar-refractivity contribution in [3.05, 3.63) is 54.1 Å². The van der Waals surface area contributed by atoms with Crippen molar-refractivity contribution in [2.45, 2.75) is 12.8 Å². The second kappa shape index (κ2) is 8.47. The van der Waals surface area contributed by atoms with Gasteiger partial charge in [-0.25, -0.2) is 0 Å². The fourth-order valence-electron chi connectivity index (χ4n) is 1.83. The van der Waals surface area contributed by atoms with E-state index in [0.717, 1.165) is 0 Å². The zero-order chi connectivity index (χ0) is 17.4. The molecule has 0 saturated heterocycles. The number of hydrogen-bond donors (Lipinski definition) is 0. The number of carbonyl (C=O) groups excluding carboxylic acids is 3. The monoisotopic (exact) mass is 328 g/mol. The predicted octanol–water partition coefficient (Wildman–Crippen LogP) is 2.80. The molecular weight excluding hydrogens is 312 g/mol. The Bertz CT molecular complexity index is 703. The normalized spacial score (nSPS) is 9.88. The van der Waals surface area contributed by atoms with E-state index in [1.165, 1.54) is 24.3 Å². The van der Waals surface area contributed by atoms with E-state index >= 15 is 0 Å². The second-order valence-electron chi connectivity index (χ2n) is 4.81. The van der Waals surface area contributed by atoms with Crippen molar-refractivity contribution in [3.63, 3.8) is 0 Å². The average molecular weight is 328 g/mol. The number of methoxy groups -OCH3 is 1. The van der Waals surface area contributed by atoms with E-state index in [9.17, 15) is 14.4 Å². The highest BCUT2D eigenvalue weighted by atomic mass is 16.5. The van der Waals surface area contributed by atoms with E-state index in [-0.39, 0.29) is 12.8 Å². The molecule has 0 saturated carbocycles. The number of ether oxygens (including phenoxy) is 3. The molecule has 0 bridgehead atoms. The molecule has 0 aliphatic rings. The summed E-state index contributed by atoms with van der Waals surface area (Å²) in [6, 6.07) is 12.6. The summed E-state index contributed by atoms with van der Waals surface area (Å²) in [5.41, 5.74) is 0.484. The molecule has 0 radical (unpaired) electrons. The number of esters is 2. The number of carbonyl (C=O) groups is 3. The standard InChI is InChI=1S/C18H16O6/c1-22-14-6-8-16(9-7-14)24-18(21)11-10-17(20)23-15-4-2-13(12-19)3-5-15/h2-9,12H,10-11H2,1H3. The van der Waals surface area contributed by atoms with E-state index in [1.807, 2.05) is 0 Å². The zero-order valence-electron chi connectivity index (χ0n) is 13.1. The number of hydrogen-bond acceptors (Lipinski definition) is 6. The maximum Gasteiger partial charge on any atom is 0.311 e. The van der Waals surface area contributed by atoms with Crippen molar-refractivity contribution in [2.24, 2.45) is 0 Å². The van der Waals surface area contributed by atoms with Gasteiger partial charge in [-0.3, -0.25) is 14.4 Å². The number of benzene rings is 2. The maximum absolute atomic E-state index is 11.7. The zero-order valence-corrected chi connectivity index (χ0v) is 13.1. The Morgan fingerprint density at radius 1 is 0.792 bits per heavy atom. The number of aldehydes is 1. The first-order chi connectivity index (χ1) is 11.6. The first kappa shape index (κ1) is 17.2. The summed E-state index contributed by atoms with van der Waals surface area (Å²) in [6.07, 6.45) is 0.489. The molecule has 0 N–H and O–H groups in total. The van der Waals surface area contributed by atoms with E-state index in [4.69, 9.17) is 14.2 Å². The molecule has 2 aromatic carbocycles. The Hall–Kier alpha value is -3.15. The molecule has 0 aliphatic heterocycles. The maximum atomic E-state index is 11.7. The molecule has 24 heavy (non-hydrogen) atoms. The van der Waals surface area contributed by atoms with Crippen molar-refractivity contribution in [2.75, 3.05) is 7.11 Å². The van der Waals surface area contributed by atoms with Crippen LogP contribution in [0.15, 0.2) is 48.5 Å². The van der Waals surface area contributed by atoms with Crippen LogP contribution in [0.3, 0.4) is 0 Å². The molecule has 0 spiro atoms. The third-order valence-electron chi connectivity index (χ3n) is 3.07. The molecule has 0 aromatic heterocycles. The SMILES string of the molecule is COc1ccc(OC(=O)CCC(=O)Oc2ccc(C=O)cc2)cc1. The summed E-state index contributed by atoms with van der Waals surface area (Å²) in [7, 11) is 1.54. The quantitative estimate of drug-likeness (QED) is 0.442. The summed E-state index contributed by atoms with van der Waals surface area (Å²) in [5, 5.41) is 0. The molecule has 0 amide bonds. The van der Waals surface area contributed by atoms with Crippen molar-refractivity contribution in [1.29, 1.82) is 0 Å². The highest BCUT2D eigenvalue weighted by Crippen LogP contribution is 2.18. The molecule has 0 aliphatic carbocycles. The molecular formula is C18H16O6. The van der Waals surface area contributed by atoms with Crippen LogP contribution in [0, 0.1) is 0 Å². The van der Waals surface area contributed by atoms with Crippen molar-refractivity contribution >= 4 is 18.2 Å². The van der Waals surface area contributed by atoms with E-state index < -0.39 is 11.9 Å². The van der Waals surface area contributed by atoms with Crippen LogP contribution in [0.5, 0.6) is 17.2 Å². The van der Waals surface area contributed by atoms with Crippen LogP contribution in [-0.4, -0.2) is 25.3 Å². The van der Waals surface area contributed by atoms with Crippen molar-refractivity contribution < 1.29 is 28.6 Å². The van der Waals surface area contributed by atoms with Crippen LogP contribution in [0.2, 0.25) is 0 Å². The minimum absolute atomic E-state index is 0.0999. The Balaban J connectivity index is 1.77. The fourth-order valence-corrected chi connectivity index (χ4v) is 1.83. The van der Waals surface area contributed by atoms with Gasteiger partial charge in [0.2, 0.25) is 0 Å². The van der Waals surface area contributed by atoms with E-state index in [0.29, 0.717) is 29.1 Å². The van der Waals surface area contributed by atoms with Crippen LogP contribution < -0.4 is 14.2 Å².